The number of rotatable bonds is 4. The van der Waals surface area contributed by atoms with E-state index in [1.807, 2.05) is 6.07 Å². The van der Waals surface area contributed by atoms with E-state index < -0.39 is 15.6 Å². The molecular weight excluding hydrogens is 252 g/mol. The van der Waals surface area contributed by atoms with Crippen LogP contribution >= 0.6 is 0 Å². The van der Waals surface area contributed by atoms with Crippen LogP contribution in [-0.4, -0.2) is 25.5 Å². The molecule has 6 nitrogen and oxygen atoms in total. The lowest BCUT2D eigenvalue weighted by Gasteiger charge is -2.37. The van der Waals surface area contributed by atoms with Crippen LogP contribution in [0, 0.1) is 11.3 Å². The Morgan fingerprint density at radius 2 is 2.22 bits per heavy atom. The fraction of sp³-hybridized carbons (Fsp3) is 0.455. The second kappa shape index (κ2) is 4.65. The number of pyridine rings is 1. The molecule has 1 aliphatic carbocycles. The second-order valence-electron chi connectivity index (χ2n) is 4.53. The minimum Gasteiger partial charge on any atom is -0.324 e. The highest BCUT2D eigenvalue weighted by Gasteiger charge is 2.33. The Hall–Kier alpha value is -1.49. The number of nitrogens with zero attached hydrogens (tertiary/aromatic N) is 2. The van der Waals surface area contributed by atoms with Gasteiger partial charge in [0.05, 0.1) is 0 Å². The maximum absolute atomic E-state index is 11.9. The Morgan fingerprint density at radius 3 is 2.67 bits per heavy atom. The third kappa shape index (κ3) is 2.67. The molecule has 0 saturated heterocycles. The molecule has 1 heterocycles. The fourth-order valence-electron chi connectivity index (χ4n) is 1.74. The van der Waals surface area contributed by atoms with Crippen molar-refractivity contribution in [3.05, 3.63) is 24.0 Å². The molecule has 1 saturated carbocycles. The summed E-state index contributed by atoms with van der Waals surface area (Å²) in [5.41, 5.74) is 5.72. The van der Waals surface area contributed by atoms with Crippen molar-refractivity contribution in [2.24, 2.45) is 5.73 Å². The van der Waals surface area contributed by atoms with Crippen molar-refractivity contribution in [3.8, 4) is 6.07 Å². The summed E-state index contributed by atoms with van der Waals surface area (Å²) in [7, 11) is -3.60. The molecule has 0 spiro atoms. The molecule has 1 aromatic rings. The summed E-state index contributed by atoms with van der Waals surface area (Å²) < 4.78 is 26.3. The van der Waals surface area contributed by atoms with Gasteiger partial charge in [-0.2, -0.15) is 5.26 Å². The molecule has 1 aromatic heterocycles. The molecule has 0 atom stereocenters. The molecule has 3 N–H and O–H groups in total. The molecule has 0 aliphatic heterocycles. The standard InChI is InChI=1S/C11H14N4O2S/c12-6-9-2-3-10(7-14-9)18(16,17)15-8-11(13)4-1-5-11/h2-3,7,15H,1,4-5,8,13H2. The van der Waals surface area contributed by atoms with Crippen LogP contribution in [0.25, 0.3) is 0 Å². The maximum Gasteiger partial charge on any atom is 0.242 e. The van der Waals surface area contributed by atoms with Gasteiger partial charge < -0.3 is 5.73 Å². The molecule has 1 fully saturated rings. The lowest BCUT2D eigenvalue weighted by molar-refractivity contribution is 0.251. The Morgan fingerprint density at radius 1 is 1.50 bits per heavy atom. The third-order valence-electron chi connectivity index (χ3n) is 3.12. The normalized spacial score (nSPS) is 17.8. The zero-order valence-corrected chi connectivity index (χ0v) is 10.6. The predicted octanol–water partition coefficient (Wildman–Crippen LogP) is 0.113. The SMILES string of the molecule is N#Cc1ccc(S(=O)(=O)NCC2(N)CCC2)cn1. The minimum atomic E-state index is -3.60. The topological polar surface area (TPSA) is 109 Å². The second-order valence-corrected chi connectivity index (χ2v) is 6.30. The van der Waals surface area contributed by atoms with Gasteiger partial charge in [-0.15, -0.1) is 0 Å². The van der Waals surface area contributed by atoms with Gasteiger partial charge in [0.15, 0.2) is 0 Å². The monoisotopic (exact) mass is 266 g/mol. The third-order valence-corrected chi connectivity index (χ3v) is 4.51. The van der Waals surface area contributed by atoms with Crippen LogP contribution < -0.4 is 10.5 Å². The summed E-state index contributed by atoms with van der Waals surface area (Å²) in [6.45, 7) is 0.231. The number of hydrogen-bond acceptors (Lipinski definition) is 5. The Balaban J connectivity index is 2.08. The van der Waals surface area contributed by atoms with Gasteiger partial charge in [-0.05, 0) is 31.4 Å². The van der Waals surface area contributed by atoms with E-state index in [0.717, 1.165) is 19.3 Å². The van der Waals surface area contributed by atoms with Crippen molar-refractivity contribution >= 4 is 10.0 Å². The Bertz CT molecular complexity index is 570. The van der Waals surface area contributed by atoms with Crippen LogP contribution in [0.2, 0.25) is 0 Å². The maximum atomic E-state index is 11.9. The summed E-state index contributed by atoms with van der Waals surface area (Å²) in [6, 6.07) is 4.56. The van der Waals surface area contributed by atoms with Crippen LogP contribution in [0.5, 0.6) is 0 Å². The first-order valence-electron chi connectivity index (χ1n) is 5.60. The number of sulfonamides is 1. The van der Waals surface area contributed by atoms with Gasteiger partial charge in [0.1, 0.15) is 16.7 Å². The van der Waals surface area contributed by atoms with Crippen LogP contribution in [-0.2, 0) is 10.0 Å². The van der Waals surface area contributed by atoms with Gasteiger partial charge in [0.25, 0.3) is 0 Å². The first kappa shape index (κ1) is 13.0. The molecule has 18 heavy (non-hydrogen) atoms. The molecule has 0 bridgehead atoms. The van der Waals surface area contributed by atoms with E-state index in [0.29, 0.717) is 0 Å². The van der Waals surface area contributed by atoms with E-state index in [1.54, 1.807) is 0 Å². The van der Waals surface area contributed by atoms with E-state index >= 15 is 0 Å². The molecule has 2 rings (SSSR count). The van der Waals surface area contributed by atoms with Crippen LogP contribution in [0.15, 0.2) is 23.2 Å². The van der Waals surface area contributed by atoms with Crippen molar-refractivity contribution in [3.63, 3.8) is 0 Å². The largest absolute Gasteiger partial charge is 0.324 e. The van der Waals surface area contributed by atoms with Gasteiger partial charge >= 0.3 is 0 Å². The Kier molecular flexibility index (Phi) is 3.34. The number of nitrogens with one attached hydrogen (secondary N) is 1. The zero-order chi connectivity index (χ0) is 13.2. The molecule has 7 heteroatoms. The van der Waals surface area contributed by atoms with Gasteiger partial charge in [-0.1, -0.05) is 0 Å². The van der Waals surface area contributed by atoms with E-state index in [-0.39, 0.29) is 17.1 Å². The van der Waals surface area contributed by atoms with Crippen LogP contribution in [0.3, 0.4) is 0 Å². The fourth-order valence-corrected chi connectivity index (χ4v) is 2.82. The van der Waals surface area contributed by atoms with Gasteiger partial charge in [0, 0.05) is 18.3 Å². The summed E-state index contributed by atoms with van der Waals surface area (Å²) in [6.07, 6.45) is 3.88. The molecule has 1 aliphatic rings. The van der Waals surface area contributed by atoms with Gasteiger partial charge in [-0.25, -0.2) is 18.1 Å². The Labute approximate surface area is 106 Å². The highest BCUT2D eigenvalue weighted by molar-refractivity contribution is 7.89. The van der Waals surface area contributed by atoms with E-state index in [2.05, 4.69) is 9.71 Å². The molecule has 96 valence electrons. The predicted molar refractivity (Wildman–Crippen MR) is 64.9 cm³/mol. The average Bonchev–Trinajstić information content (AvgIpc) is 2.34. The van der Waals surface area contributed by atoms with Crippen LogP contribution in [0.4, 0.5) is 0 Å². The van der Waals surface area contributed by atoms with Crippen molar-refractivity contribution in [1.82, 2.24) is 9.71 Å². The first-order chi connectivity index (χ1) is 8.45. The van der Waals surface area contributed by atoms with Crippen molar-refractivity contribution in [2.75, 3.05) is 6.54 Å². The summed E-state index contributed by atoms with van der Waals surface area (Å²) in [5.74, 6) is 0. The molecule has 0 unspecified atom stereocenters. The van der Waals surface area contributed by atoms with E-state index in [4.69, 9.17) is 11.0 Å². The van der Waals surface area contributed by atoms with Crippen molar-refractivity contribution in [2.45, 2.75) is 29.7 Å². The lowest BCUT2D eigenvalue weighted by atomic mass is 9.78. The molecule has 0 aromatic carbocycles. The number of aromatic nitrogens is 1. The highest BCUT2D eigenvalue weighted by Crippen LogP contribution is 2.28. The van der Waals surface area contributed by atoms with E-state index in [1.165, 1.54) is 18.3 Å². The average molecular weight is 266 g/mol. The number of nitriles is 1. The van der Waals surface area contributed by atoms with Gasteiger partial charge in [0.2, 0.25) is 10.0 Å². The molecule has 0 amide bonds. The number of nitrogens with two attached hydrogens (primary N) is 1. The zero-order valence-electron chi connectivity index (χ0n) is 9.76. The lowest BCUT2D eigenvalue weighted by Crippen LogP contribution is -2.54. The minimum absolute atomic E-state index is 0.0458. The summed E-state index contributed by atoms with van der Waals surface area (Å²) in [4.78, 5) is 3.78. The van der Waals surface area contributed by atoms with Gasteiger partial charge in [-0.3, -0.25) is 0 Å². The van der Waals surface area contributed by atoms with Crippen molar-refractivity contribution < 1.29 is 8.42 Å². The van der Waals surface area contributed by atoms with Crippen molar-refractivity contribution in [1.29, 1.82) is 5.26 Å². The van der Waals surface area contributed by atoms with E-state index in [9.17, 15) is 8.42 Å². The smallest absolute Gasteiger partial charge is 0.242 e. The van der Waals surface area contributed by atoms with Crippen LogP contribution in [0.1, 0.15) is 25.0 Å². The first-order valence-corrected chi connectivity index (χ1v) is 7.08. The number of hydrogen-bond donors (Lipinski definition) is 2. The summed E-state index contributed by atoms with van der Waals surface area (Å²) >= 11 is 0. The molecular formula is C11H14N4O2S. The quantitative estimate of drug-likeness (QED) is 0.804. The highest BCUT2D eigenvalue weighted by atomic mass is 32.2. The molecule has 0 radical (unpaired) electrons. The summed E-state index contributed by atoms with van der Waals surface area (Å²) in [5, 5.41) is 8.59.